The average Bonchev–Trinajstić information content (AvgIpc) is 3.05. The Morgan fingerprint density at radius 1 is 1.06 bits per heavy atom. The first-order valence-electron chi connectivity index (χ1n) is 10.8. The van der Waals surface area contributed by atoms with Crippen molar-refractivity contribution in [3.63, 3.8) is 0 Å². The van der Waals surface area contributed by atoms with Gasteiger partial charge in [-0.05, 0) is 35.9 Å². The lowest BCUT2D eigenvalue weighted by molar-refractivity contribution is -0.136. The van der Waals surface area contributed by atoms with Gasteiger partial charge in [0.15, 0.2) is 22.7 Å². The SMILES string of the molecule is COc1cccc2cc(C(=O)C[C@@]3(O)C(=O)N(Cc4ccccc4)c4ccc(Br)cc43)c(=O)oc12. The van der Waals surface area contributed by atoms with Gasteiger partial charge in [0, 0.05) is 15.4 Å². The van der Waals surface area contributed by atoms with Crippen molar-refractivity contribution in [1.82, 2.24) is 0 Å². The van der Waals surface area contributed by atoms with Crippen molar-refractivity contribution in [2.75, 3.05) is 12.0 Å². The fourth-order valence-electron chi connectivity index (χ4n) is 4.42. The van der Waals surface area contributed by atoms with Crippen LogP contribution in [0.4, 0.5) is 5.69 Å². The van der Waals surface area contributed by atoms with Crippen LogP contribution in [0.25, 0.3) is 11.0 Å². The topological polar surface area (TPSA) is 97.0 Å². The first-order valence-corrected chi connectivity index (χ1v) is 11.6. The van der Waals surface area contributed by atoms with E-state index >= 15 is 0 Å². The van der Waals surface area contributed by atoms with Crippen molar-refractivity contribution in [2.45, 2.75) is 18.6 Å². The summed E-state index contributed by atoms with van der Waals surface area (Å²) in [6, 6.07) is 20.9. The second-order valence-corrected chi connectivity index (χ2v) is 9.24. The fourth-order valence-corrected chi connectivity index (χ4v) is 4.78. The summed E-state index contributed by atoms with van der Waals surface area (Å²) in [4.78, 5) is 41.0. The zero-order valence-electron chi connectivity index (χ0n) is 18.7. The number of para-hydroxylation sites is 1. The number of methoxy groups -OCH3 is 1. The molecule has 35 heavy (non-hydrogen) atoms. The van der Waals surface area contributed by atoms with Gasteiger partial charge in [-0.2, -0.15) is 0 Å². The number of halogens is 1. The average molecular weight is 534 g/mol. The number of rotatable bonds is 6. The third-order valence-electron chi connectivity index (χ3n) is 6.14. The molecule has 0 saturated heterocycles. The molecule has 176 valence electrons. The Balaban J connectivity index is 1.54. The number of carbonyl (C=O) groups excluding carboxylic acids is 2. The number of aliphatic hydroxyl groups is 1. The summed E-state index contributed by atoms with van der Waals surface area (Å²) >= 11 is 3.38. The van der Waals surface area contributed by atoms with E-state index in [1.54, 1.807) is 36.4 Å². The number of carbonyl (C=O) groups is 2. The molecule has 0 bridgehead atoms. The van der Waals surface area contributed by atoms with Crippen molar-refractivity contribution in [3.8, 4) is 5.75 Å². The number of Topliss-reactive ketones (excluding diaryl/α,β-unsaturated/α-hetero) is 1. The van der Waals surface area contributed by atoms with Crippen molar-refractivity contribution in [3.05, 3.63) is 104 Å². The van der Waals surface area contributed by atoms with E-state index in [0.717, 1.165) is 5.56 Å². The van der Waals surface area contributed by atoms with E-state index in [-0.39, 0.29) is 17.7 Å². The van der Waals surface area contributed by atoms with Crippen molar-refractivity contribution in [1.29, 1.82) is 0 Å². The fraction of sp³-hybridized carbons (Fsp3) is 0.148. The largest absolute Gasteiger partial charge is 0.493 e. The first-order chi connectivity index (χ1) is 16.8. The molecular weight excluding hydrogens is 514 g/mol. The molecule has 1 aliphatic heterocycles. The number of benzene rings is 3. The summed E-state index contributed by atoms with van der Waals surface area (Å²) in [5.41, 5.74) is -1.35. The lowest BCUT2D eigenvalue weighted by Crippen LogP contribution is -2.42. The minimum atomic E-state index is -2.14. The summed E-state index contributed by atoms with van der Waals surface area (Å²) in [5, 5.41) is 12.1. The number of ether oxygens (including phenoxy) is 1. The van der Waals surface area contributed by atoms with E-state index in [4.69, 9.17) is 9.15 Å². The molecule has 5 rings (SSSR count). The minimum Gasteiger partial charge on any atom is -0.493 e. The van der Waals surface area contributed by atoms with Crippen LogP contribution in [0.15, 0.2) is 86.5 Å². The van der Waals surface area contributed by atoms with Crippen LogP contribution in [0.1, 0.15) is 27.9 Å². The summed E-state index contributed by atoms with van der Waals surface area (Å²) in [6.07, 6.45) is -0.610. The highest BCUT2D eigenvalue weighted by Gasteiger charge is 2.51. The number of hydrogen-bond acceptors (Lipinski definition) is 6. The van der Waals surface area contributed by atoms with Gasteiger partial charge in [-0.15, -0.1) is 0 Å². The summed E-state index contributed by atoms with van der Waals surface area (Å²) in [6.45, 7) is 0.225. The van der Waals surface area contributed by atoms with Gasteiger partial charge in [0.25, 0.3) is 5.91 Å². The van der Waals surface area contributed by atoms with Crippen LogP contribution in [-0.2, 0) is 16.9 Å². The predicted molar refractivity (Wildman–Crippen MR) is 134 cm³/mol. The smallest absolute Gasteiger partial charge is 0.347 e. The molecule has 0 spiro atoms. The maximum atomic E-state index is 13.5. The standard InChI is InChI=1S/C27H20BrNO6/c1-34-23-9-5-8-17-12-19(25(31)35-24(17)23)22(30)14-27(33)20-13-18(28)10-11-21(20)29(26(27)32)15-16-6-3-2-4-7-16/h2-13,33H,14-15H2,1H3/t27-/m0/s1. The Kier molecular flexibility index (Phi) is 5.78. The molecule has 8 heteroatoms. The molecule has 0 fully saturated rings. The second kappa shape index (κ2) is 8.79. The molecule has 7 nitrogen and oxygen atoms in total. The molecule has 3 aromatic carbocycles. The van der Waals surface area contributed by atoms with Gasteiger partial charge >= 0.3 is 5.63 Å². The van der Waals surface area contributed by atoms with Gasteiger partial charge in [0.1, 0.15) is 5.56 Å². The zero-order chi connectivity index (χ0) is 24.7. The molecule has 1 aliphatic rings. The third-order valence-corrected chi connectivity index (χ3v) is 6.63. The number of fused-ring (bicyclic) bond motifs is 2. The Morgan fingerprint density at radius 3 is 2.57 bits per heavy atom. The highest BCUT2D eigenvalue weighted by atomic mass is 79.9. The van der Waals surface area contributed by atoms with Crippen LogP contribution in [0.3, 0.4) is 0 Å². The first kappa shape index (κ1) is 23.0. The number of ketones is 1. The second-order valence-electron chi connectivity index (χ2n) is 8.32. The Labute approximate surface area is 208 Å². The van der Waals surface area contributed by atoms with Crippen LogP contribution in [0.5, 0.6) is 5.75 Å². The highest BCUT2D eigenvalue weighted by molar-refractivity contribution is 9.10. The lowest BCUT2D eigenvalue weighted by atomic mass is 9.88. The number of hydrogen-bond donors (Lipinski definition) is 1. The number of nitrogens with zero attached hydrogens (tertiary/aromatic N) is 1. The molecule has 1 aromatic heterocycles. The van der Waals surface area contributed by atoms with E-state index in [1.807, 2.05) is 30.3 Å². The molecule has 0 unspecified atom stereocenters. The van der Waals surface area contributed by atoms with Gasteiger partial charge in [-0.1, -0.05) is 58.4 Å². The van der Waals surface area contributed by atoms with Crippen molar-refractivity contribution >= 4 is 44.3 Å². The molecule has 0 saturated carbocycles. The maximum absolute atomic E-state index is 13.5. The quantitative estimate of drug-likeness (QED) is 0.288. The Bertz CT molecular complexity index is 1530. The van der Waals surface area contributed by atoms with Crippen LogP contribution < -0.4 is 15.3 Å². The molecule has 0 radical (unpaired) electrons. The van der Waals surface area contributed by atoms with E-state index < -0.39 is 29.3 Å². The van der Waals surface area contributed by atoms with Crippen LogP contribution in [-0.4, -0.2) is 23.9 Å². The third kappa shape index (κ3) is 3.94. The molecule has 4 aromatic rings. The Hall–Kier alpha value is -3.75. The zero-order valence-corrected chi connectivity index (χ0v) is 20.2. The molecule has 1 N–H and O–H groups in total. The van der Waals surface area contributed by atoms with E-state index in [0.29, 0.717) is 26.9 Å². The van der Waals surface area contributed by atoms with Gasteiger partial charge in [0.2, 0.25) is 0 Å². The predicted octanol–water partition coefficient (Wildman–Crippen LogP) is 4.57. The molecule has 0 aliphatic carbocycles. The van der Waals surface area contributed by atoms with Gasteiger partial charge < -0.3 is 19.2 Å². The van der Waals surface area contributed by atoms with Crippen molar-refractivity contribution < 1.29 is 23.8 Å². The van der Waals surface area contributed by atoms with Crippen LogP contribution in [0.2, 0.25) is 0 Å². The summed E-state index contributed by atoms with van der Waals surface area (Å²) < 4.78 is 11.2. The molecular formula is C27H20BrNO6. The van der Waals surface area contributed by atoms with E-state index in [1.165, 1.54) is 18.1 Å². The monoisotopic (exact) mass is 533 g/mol. The van der Waals surface area contributed by atoms with Crippen LogP contribution >= 0.6 is 15.9 Å². The van der Waals surface area contributed by atoms with Crippen LogP contribution in [0, 0.1) is 0 Å². The normalized spacial score (nSPS) is 17.0. The summed E-state index contributed by atoms with van der Waals surface area (Å²) in [5.74, 6) is -0.972. The van der Waals surface area contributed by atoms with Gasteiger partial charge in [-0.3, -0.25) is 9.59 Å². The van der Waals surface area contributed by atoms with Gasteiger partial charge in [-0.25, -0.2) is 4.79 Å². The molecule has 2 heterocycles. The van der Waals surface area contributed by atoms with Gasteiger partial charge in [0.05, 0.1) is 25.8 Å². The van der Waals surface area contributed by atoms with E-state index in [9.17, 15) is 19.5 Å². The minimum absolute atomic E-state index is 0.218. The van der Waals surface area contributed by atoms with Crippen molar-refractivity contribution in [2.24, 2.45) is 0 Å². The molecule has 1 amide bonds. The highest BCUT2D eigenvalue weighted by Crippen LogP contribution is 2.44. The molecule has 1 atom stereocenters. The number of anilines is 1. The lowest BCUT2D eigenvalue weighted by Gasteiger charge is -2.22. The maximum Gasteiger partial charge on any atom is 0.347 e. The number of amides is 1. The Morgan fingerprint density at radius 2 is 1.83 bits per heavy atom. The van der Waals surface area contributed by atoms with E-state index in [2.05, 4.69) is 15.9 Å². The summed E-state index contributed by atoms with van der Waals surface area (Å²) in [7, 11) is 1.45.